The Labute approximate surface area is 198 Å². The van der Waals surface area contributed by atoms with Crippen molar-refractivity contribution in [2.24, 2.45) is 0 Å². The fraction of sp³-hybridized carbons (Fsp3) is 0.360. The molecular weight excluding hydrogens is 432 g/mol. The molecule has 2 aliphatic rings. The van der Waals surface area contributed by atoms with Crippen LogP contribution >= 0.6 is 0 Å². The van der Waals surface area contributed by atoms with Crippen LogP contribution in [0.15, 0.2) is 54.6 Å². The van der Waals surface area contributed by atoms with Crippen LogP contribution in [0.5, 0.6) is 0 Å². The Morgan fingerprint density at radius 3 is 2.41 bits per heavy atom. The zero-order valence-electron chi connectivity index (χ0n) is 18.9. The highest BCUT2D eigenvalue weighted by molar-refractivity contribution is 5.98. The predicted octanol–water partition coefficient (Wildman–Crippen LogP) is 1.89. The zero-order valence-corrected chi connectivity index (χ0v) is 18.9. The summed E-state index contributed by atoms with van der Waals surface area (Å²) < 4.78 is 7.00. The van der Waals surface area contributed by atoms with Crippen molar-refractivity contribution in [2.45, 2.75) is 18.9 Å². The van der Waals surface area contributed by atoms with E-state index in [4.69, 9.17) is 4.74 Å². The van der Waals surface area contributed by atoms with Crippen LogP contribution in [0.2, 0.25) is 0 Å². The molecule has 34 heavy (non-hydrogen) atoms. The molecule has 1 aliphatic heterocycles. The molecule has 1 aromatic heterocycles. The number of hydrogen-bond acceptors (Lipinski definition) is 6. The van der Waals surface area contributed by atoms with Gasteiger partial charge in [-0.15, -0.1) is 5.10 Å². The molecule has 5 rings (SSSR count). The zero-order chi connectivity index (χ0) is 23.3. The average molecular weight is 461 g/mol. The van der Waals surface area contributed by atoms with E-state index >= 15 is 0 Å². The van der Waals surface area contributed by atoms with E-state index in [-0.39, 0.29) is 17.9 Å². The van der Waals surface area contributed by atoms with Crippen molar-refractivity contribution >= 4 is 11.8 Å². The molecule has 9 heteroatoms. The van der Waals surface area contributed by atoms with Crippen molar-refractivity contribution in [1.82, 2.24) is 30.5 Å². The standard InChI is InChI=1S/C25H28N6O3/c32-24(26-12-13-30-14-16-34-17-15-30)19-6-10-21(11-7-19)31-23(18-4-2-1-3-5-18)22(28-29-31)25(33)27-20-8-9-20/h1-7,10-11,20H,8-9,12-17H2,(H,26,32)(H,27,33). The second-order valence-corrected chi connectivity index (χ2v) is 8.57. The summed E-state index contributed by atoms with van der Waals surface area (Å²) in [5, 5.41) is 14.4. The van der Waals surface area contributed by atoms with E-state index < -0.39 is 0 Å². The second kappa shape index (κ2) is 10.1. The number of morpholine rings is 1. The van der Waals surface area contributed by atoms with Crippen LogP contribution in [0.25, 0.3) is 16.9 Å². The molecule has 0 radical (unpaired) electrons. The summed E-state index contributed by atoms with van der Waals surface area (Å²) in [6, 6.07) is 17.0. The highest BCUT2D eigenvalue weighted by atomic mass is 16.5. The minimum atomic E-state index is -0.219. The molecule has 1 aliphatic carbocycles. The van der Waals surface area contributed by atoms with Crippen molar-refractivity contribution < 1.29 is 14.3 Å². The SMILES string of the molecule is O=C(NCCN1CCOCC1)c1ccc(-n2nnc(C(=O)NC3CC3)c2-c2ccccc2)cc1. The van der Waals surface area contributed by atoms with Gasteiger partial charge < -0.3 is 15.4 Å². The lowest BCUT2D eigenvalue weighted by Crippen LogP contribution is -2.41. The number of ether oxygens (including phenoxy) is 1. The largest absolute Gasteiger partial charge is 0.379 e. The van der Waals surface area contributed by atoms with Gasteiger partial charge in [0.05, 0.1) is 18.9 Å². The van der Waals surface area contributed by atoms with Gasteiger partial charge in [-0.25, -0.2) is 4.68 Å². The summed E-state index contributed by atoms with van der Waals surface area (Å²) in [5.41, 5.74) is 3.06. The number of carbonyl (C=O) groups is 2. The molecule has 9 nitrogen and oxygen atoms in total. The summed E-state index contributed by atoms with van der Waals surface area (Å²) in [6.07, 6.45) is 1.99. The molecule has 2 N–H and O–H groups in total. The topological polar surface area (TPSA) is 101 Å². The minimum absolute atomic E-state index is 0.119. The molecule has 1 saturated carbocycles. The number of aromatic nitrogens is 3. The minimum Gasteiger partial charge on any atom is -0.379 e. The molecule has 0 spiro atoms. The van der Waals surface area contributed by atoms with Crippen LogP contribution in [0.1, 0.15) is 33.7 Å². The fourth-order valence-electron chi connectivity index (χ4n) is 3.96. The van der Waals surface area contributed by atoms with Gasteiger partial charge in [0, 0.05) is 43.3 Å². The van der Waals surface area contributed by atoms with Crippen LogP contribution in [0, 0.1) is 0 Å². The van der Waals surface area contributed by atoms with Crippen LogP contribution < -0.4 is 10.6 Å². The molecule has 2 heterocycles. The molecule has 2 amide bonds. The van der Waals surface area contributed by atoms with Gasteiger partial charge in [-0.3, -0.25) is 14.5 Å². The van der Waals surface area contributed by atoms with Crippen LogP contribution in [0.4, 0.5) is 0 Å². The Hall–Kier alpha value is -3.56. The Morgan fingerprint density at radius 2 is 1.71 bits per heavy atom. The highest BCUT2D eigenvalue weighted by Gasteiger charge is 2.28. The van der Waals surface area contributed by atoms with Gasteiger partial charge in [0.1, 0.15) is 5.69 Å². The van der Waals surface area contributed by atoms with Gasteiger partial charge in [-0.2, -0.15) is 0 Å². The normalized spacial score (nSPS) is 16.2. The quantitative estimate of drug-likeness (QED) is 0.532. The first-order chi connectivity index (χ1) is 16.7. The Morgan fingerprint density at radius 1 is 0.971 bits per heavy atom. The molecule has 3 aromatic rings. The van der Waals surface area contributed by atoms with Crippen molar-refractivity contribution in [2.75, 3.05) is 39.4 Å². The summed E-state index contributed by atoms with van der Waals surface area (Å²) in [5.74, 6) is -0.338. The summed E-state index contributed by atoms with van der Waals surface area (Å²) in [7, 11) is 0. The summed E-state index contributed by atoms with van der Waals surface area (Å²) >= 11 is 0. The number of carbonyl (C=O) groups excluding carboxylic acids is 2. The smallest absolute Gasteiger partial charge is 0.274 e. The lowest BCUT2D eigenvalue weighted by molar-refractivity contribution is 0.0383. The predicted molar refractivity (Wildman–Crippen MR) is 127 cm³/mol. The van der Waals surface area contributed by atoms with Gasteiger partial charge in [-0.05, 0) is 37.1 Å². The third kappa shape index (κ3) is 5.16. The Balaban J connectivity index is 1.31. The van der Waals surface area contributed by atoms with Crippen LogP contribution in [0.3, 0.4) is 0 Å². The van der Waals surface area contributed by atoms with Gasteiger partial charge in [-0.1, -0.05) is 35.5 Å². The van der Waals surface area contributed by atoms with Gasteiger partial charge in [0.15, 0.2) is 5.69 Å². The van der Waals surface area contributed by atoms with Crippen LogP contribution in [-0.2, 0) is 4.74 Å². The highest BCUT2D eigenvalue weighted by Crippen LogP contribution is 2.27. The van der Waals surface area contributed by atoms with E-state index in [0.29, 0.717) is 23.5 Å². The van der Waals surface area contributed by atoms with E-state index in [1.54, 1.807) is 16.8 Å². The number of hydrogen-bond donors (Lipinski definition) is 2. The number of nitrogens with zero attached hydrogens (tertiary/aromatic N) is 4. The van der Waals surface area contributed by atoms with E-state index in [2.05, 4.69) is 25.8 Å². The number of nitrogens with one attached hydrogen (secondary N) is 2. The van der Waals surface area contributed by atoms with E-state index in [9.17, 15) is 9.59 Å². The fourth-order valence-corrected chi connectivity index (χ4v) is 3.96. The van der Waals surface area contributed by atoms with E-state index in [1.807, 2.05) is 42.5 Å². The van der Waals surface area contributed by atoms with E-state index in [0.717, 1.165) is 56.9 Å². The van der Waals surface area contributed by atoms with Gasteiger partial charge in [0.2, 0.25) is 0 Å². The summed E-state index contributed by atoms with van der Waals surface area (Å²) in [4.78, 5) is 27.7. The Bertz CT molecular complexity index is 1140. The summed E-state index contributed by atoms with van der Waals surface area (Å²) in [6.45, 7) is 4.67. The second-order valence-electron chi connectivity index (χ2n) is 8.57. The van der Waals surface area contributed by atoms with Crippen molar-refractivity contribution in [1.29, 1.82) is 0 Å². The first kappa shape index (κ1) is 22.2. The van der Waals surface area contributed by atoms with Gasteiger partial charge >= 0.3 is 0 Å². The number of rotatable bonds is 8. The maximum absolute atomic E-state index is 12.8. The maximum atomic E-state index is 12.8. The maximum Gasteiger partial charge on any atom is 0.274 e. The molecule has 2 fully saturated rings. The van der Waals surface area contributed by atoms with Crippen LogP contribution in [-0.4, -0.2) is 77.1 Å². The van der Waals surface area contributed by atoms with Crippen molar-refractivity contribution in [3.05, 3.63) is 65.9 Å². The molecule has 0 bridgehead atoms. The molecule has 0 unspecified atom stereocenters. The first-order valence-corrected chi connectivity index (χ1v) is 11.7. The number of amides is 2. The lowest BCUT2D eigenvalue weighted by atomic mass is 10.1. The first-order valence-electron chi connectivity index (χ1n) is 11.7. The molecule has 0 atom stereocenters. The molecule has 1 saturated heterocycles. The third-order valence-corrected chi connectivity index (χ3v) is 6.04. The molecular formula is C25H28N6O3. The monoisotopic (exact) mass is 460 g/mol. The average Bonchev–Trinajstić information content (AvgIpc) is 3.58. The number of benzene rings is 2. The van der Waals surface area contributed by atoms with Crippen molar-refractivity contribution in [3.8, 4) is 16.9 Å². The molecule has 176 valence electrons. The Kier molecular flexibility index (Phi) is 6.64. The third-order valence-electron chi connectivity index (χ3n) is 6.04. The van der Waals surface area contributed by atoms with Gasteiger partial charge in [0.25, 0.3) is 11.8 Å². The van der Waals surface area contributed by atoms with Crippen molar-refractivity contribution in [3.63, 3.8) is 0 Å². The van der Waals surface area contributed by atoms with E-state index in [1.165, 1.54) is 0 Å². The molecule has 2 aromatic carbocycles. The lowest BCUT2D eigenvalue weighted by Gasteiger charge is -2.26.